The minimum Gasteiger partial charge on any atom is -0.481 e. The first-order valence-corrected chi connectivity index (χ1v) is 6.41. The minimum absolute atomic E-state index is 0.583. The van der Waals surface area contributed by atoms with Crippen LogP contribution in [0.2, 0.25) is 0 Å². The summed E-state index contributed by atoms with van der Waals surface area (Å²) in [7, 11) is 1.60. The summed E-state index contributed by atoms with van der Waals surface area (Å²) < 4.78 is 10.5. The second-order valence-corrected chi connectivity index (χ2v) is 4.15. The first kappa shape index (κ1) is 14.0. The summed E-state index contributed by atoms with van der Waals surface area (Å²) in [6, 6.07) is 3.79. The van der Waals surface area contributed by atoms with Gasteiger partial charge in [-0.2, -0.15) is 0 Å². The average molecular weight is 274 g/mol. The summed E-state index contributed by atoms with van der Waals surface area (Å²) in [5.41, 5.74) is 1.94. The molecule has 0 aliphatic carbocycles. The van der Waals surface area contributed by atoms with Gasteiger partial charge in [0.25, 0.3) is 0 Å². The van der Waals surface area contributed by atoms with Crippen LogP contribution in [-0.4, -0.2) is 28.7 Å². The van der Waals surface area contributed by atoms with E-state index in [1.165, 1.54) is 6.33 Å². The van der Waals surface area contributed by atoms with Crippen LogP contribution < -0.4 is 14.8 Å². The fourth-order valence-corrected chi connectivity index (χ4v) is 1.72. The maximum Gasteiger partial charge on any atom is 0.221 e. The van der Waals surface area contributed by atoms with Crippen molar-refractivity contribution in [2.45, 2.75) is 20.4 Å². The second kappa shape index (κ2) is 6.70. The summed E-state index contributed by atoms with van der Waals surface area (Å²) in [5.74, 6) is 1.97. The molecular weight excluding hydrogens is 256 g/mol. The highest BCUT2D eigenvalue weighted by atomic mass is 16.5. The normalized spacial score (nSPS) is 10.2. The van der Waals surface area contributed by atoms with Gasteiger partial charge >= 0.3 is 0 Å². The topological polar surface area (TPSA) is 69.2 Å². The molecule has 106 valence electrons. The molecule has 2 aromatic rings. The number of ether oxygens (including phenoxy) is 2. The fourth-order valence-electron chi connectivity index (χ4n) is 1.72. The first-order valence-electron chi connectivity index (χ1n) is 6.41. The number of pyridine rings is 1. The number of anilines is 1. The zero-order chi connectivity index (χ0) is 14.4. The van der Waals surface area contributed by atoms with E-state index in [-0.39, 0.29) is 0 Å². The van der Waals surface area contributed by atoms with Crippen LogP contribution in [0, 0.1) is 6.92 Å². The van der Waals surface area contributed by atoms with E-state index < -0.39 is 0 Å². The Kier molecular flexibility index (Phi) is 4.70. The van der Waals surface area contributed by atoms with E-state index >= 15 is 0 Å². The molecule has 20 heavy (non-hydrogen) atoms. The highest BCUT2D eigenvalue weighted by Crippen LogP contribution is 2.20. The Morgan fingerprint density at radius 1 is 1.20 bits per heavy atom. The van der Waals surface area contributed by atoms with Crippen molar-refractivity contribution in [3.05, 3.63) is 35.8 Å². The molecule has 0 aliphatic rings. The van der Waals surface area contributed by atoms with Crippen LogP contribution >= 0.6 is 0 Å². The summed E-state index contributed by atoms with van der Waals surface area (Å²) in [4.78, 5) is 12.5. The van der Waals surface area contributed by atoms with E-state index in [2.05, 4.69) is 20.3 Å². The van der Waals surface area contributed by atoms with Crippen molar-refractivity contribution in [3.8, 4) is 11.8 Å². The molecule has 0 aliphatic heterocycles. The van der Waals surface area contributed by atoms with Crippen LogP contribution in [0.15, 0.2) is 24.7 Å². The van der Waals surface area contributed by atoms with Gasteiger partial charge in [0.05, 0.1) is 19.3 Å². The van der Waals surface area contributed by atoms with Gasteiger partial charge in [-0.15, -0.1) is 0 Å². The molecule has 0 amide bonds. The zero-order valence-corrected chi connectivity index (χ0v) is 11.9. The number of hydrogen-bond acceptors (Lipinski definition) is 6. The lowest BCUT2D eigenvalue weighted by molar-refractivity contribution is 0.324. The minimum atomic E-state index is 0.583. The highest BCUT2D eigenvalue weighted by molar-refractivity contribution is 5.47. The van der Waals surface area contributed by atoms with Gasteiger partial charge in [-0.05, 0) is 19.4 Å². The smallest absolute Gasteiger partial charge is 0.221 e. The lowest BCUT2D eigenvalue weighted by Crippen LogP contribution is -2.06. The van der Waals surface area contributed by atoms with Crippen molar-refractivity contribution < 1.29 is 9.47 Å². The van der Waals surface area contributed by atoms with Gasteiger partial charge in [-0.3, -0.25) is 0 Å². The largest absolute Gasteiger partial charge is 0.481 e. The van der Waals surface area contributed by atoms with Crippen molar-refractivity contribution >= 4 is 5.82 Å². The van der Waals surface area contributed by atoms with E-state index in [9.17, 15) is 0 Å². The molecule has 0 atom stereocenters. The van der Waals surface area contributed by atoms with Crippen LogP contribution in [0.25, 0.3) is 0 Å². The number of aromatic nitrogens is 3. The molecule has 0 radical (unpaired) electrons. The van der Waals surface area contributed by atoms with Gasteiger partial charge in [-0.1, -0.05) is 6.07 Å². The Labute approximate surface area is 118 Å². The van der Waals surface area contributed by atoms with Crippen LogP contribution in [0.4, 0.5) is 5.82 Å². The van der Waals surface area contributed by atoms with Crippen LogP contribution in [0.5, 0.6) is 11.8 Å². The lowest BCUT2D eigenvalue weighted by atomic mass is 10.2. The van der Waals surface area contributed by atoms with E-state index in [4.69, 9.17) is 9.47 Å². The maximum absolute atomic E-state index is 5.44. The zero-order valence-electron chi connectivity index (χ0n) is 11.9. The Bertz CT molecular complexity index is 558. The van der Waals surface area contributed by atoms with E-state index in [0.717, 1.165) is 16.9 Å². The van der Waals surface area contributed by atoms with Crippen molar-refractivity contribution in [2.75, 3.05) is 19.0 Å². The van der Waals surface area contributed by atoms with E-state index in [1.807, 2.05) is 26.0 Å². The molecule has 0 saturated heterocycles. The Balaban J connectivity index is 2.04. The number of rotatable bonds is 6. The van der Waals surface area contributed by atoms with Crippen molar-refractivity contribution in [3.63, 3.8) is 0 Å². The van der Waals surface area contributed by atoms with Gasteiger partial charge < -0.3 is 14.8 Å². The molecule has 2 rings (SSSR count). The first-order chi connectivity index (χ1) is 9.74. The molecule has 0 unspecified atom stereocenters. The monoisotopic (exact) mass is 274 g/mol. The molecule has 0 aromatic carbocycles. The molecule has 0 saturated carbocycles. The second-order valence-electron chi connectivity index (χ2n) is 4.15. The molecule has 6 nitrogen and oxygen atoms in total. The Morgan fingerprint density at radius 3 is 2.70 bits per heavy atom. The summed E-state index contributed by atoms with van der Waals surface area (Å²) >= 11 is 0. The SMILES string of the molecule is CCOc1ncnc(NCc2ccc(OC)nc2)c1C. The van der Waals surface area contributed by atoms with Crippen molar-refractivity contribution in [2.24, 2.45) is 0 Å². The molecule has 6 heteroatoms. The van der Waals surface area contributed by atoms with Crippen LogP contribution in [0.1, 0.15) is 18.1 Å². The third-order valence-corrected chi connectivity index (χ3v) is 2.79. The van der Waals surface area contributed by atoms with Crippen LogP contribution in [0.3, 0.4) is 0 Å². The molecule has 0 bridgehead atoms. The number of methoxy groups -OCH3 is 1. The van der Waals surface area contributed by atoms with Gasteiger partial charge in [0.1, 0.15) is 12.1 Å². The van der Waals surface area contributed by atoms with E-state index in [1.54, 1.807) is 13.3 Å². The van der Waals surface area contributed by atoms with E-state index in [0.29, 0.717) is 24.9 Å². The summed E-state index contributed by atoms with van der Waals surface area (Å²) in [5, 5.41) is 3.25. The molecule has 2 heterocycles. The fraction of sp³-hybridized carbons (Fsp3) is 0.357. The van der Waals surface area contributed by atoms with Gasteiger partial charge in [0.2, 0.25) is 11.8 Å². The number of nitrogens with zero attached hydrogens (tertiary/aromatic N) is 3. The molecule has 0 fully saturated rings. The lowest BCUT2D eigenvalue weighted by Gasteiger charge is -2.11. The third kappa shape index (κ3) is 3.34. The predicted molar refractivity (Wildman–Crippen MR) is 76.1 cm³/mol. The summed E-state index contributed by atoms with van der Waals surface area (Å²) in [6.45, 7) is 5.07. The number of hydrogen-bond donors (Lipinski definition) is 1. The molecule has 0 spiro atoms. The standard InChI is InChI=1S/C14H18N4O2/c1-4-20-14-10(2)13(17-9-18-14)16-8-11-5-6-12(19-3)15-7-11/h5-7,9H,4,8H2,1-3H3,(H,16,17,18). The Morgan fingerprint density at radius 2 is 2.05 bits per heavy atom. The van der Waals surface area contributed by atoms with Gasteiger partial charge in [-0.25, -0.2) is 15.0 Å². The average Bonchev–Trinajstić information content (AvgIpc) is 2.49. The number of nitrogens with one attached hydrogen (secondary N) is 1. The molecular formula is C14H18N4O2. The summed E-state index contributed by atoms with van der Waals surface area (Å²) in [6.07, 6.45) is 3.26. The van der Waals surface area contributed by atoms with Crippen LogP contribution in [-0.2, 0) is 6.54 Å². The maximum atomic E-state index is 5.44. The van der Waals surface area contributed by atoms with Crippen molar-refractivity contribution in [1.29, 1.82) is 0 Å². The predicted octanol–water partition coefficient (Wildman–Crippen LogP) is 2.20. The third-order valence-electron chi connectivity index (χ3n) is 2.79. The van der Waals surface area contributed by atoms with Crippen molar-refractivity contribution in [1.82, 2.24) is 15.0 Å². The highest BCUT2D eigenvalue weighted by Gasteiger charge is 2.07. The quantitative estimate of drug-likeness (QED) is 0.871. The molecule has 2 aromatic heterocycles. The van der Waals surface area contributed by atoms with Gasteiger partial charge in [0.15, 0.2) is 0 Å². The Hall–Kier alpha value is -2.37. The van der Waals surface area contributed by atoms with Gasteiger partial charge in [0, 0.05) is 18.8 Å². The molecule has 1 N–H and O–H groups in total.